The first kappa shape index (κ1) is 17.2. The summed E-state index contributed by atoms with van der Waals surface area (Å²) in [6, 6.07) is 9.86. The Morgan fingerprint density at radius 2 is 1.81 bits per heavy atom. The molecule has 1 N–H and O–H groups in total. The molecule has 4 nitrogen and oxygen atoms in total. The summed E-state index contributed by atoms with van der Waals surface area (Å²) in [4.78, 5) is 23.4. The minimum atomic E-state index is -1.13. The van der Waals surface area contributed by atoms with Gasteiger partial charge in [-0.2, -0.15) is 0 Å². The van der Waals surface area contributed by atoms with Crippen LogP contribution in [0.1, 0.15) is 32.8 Å². The zero-order chi connectivity index (χ0) is 16.0. The van der Waals surface area contributed by atoms with Crippen molar-refractivity contribution < 1.29 is 19.1 Å². The molecular weight excluding hydrogens is 284 g/mol. The van der Waals surface area contributed by atoms with Crippen LogP contribution < -0.4 is 0 Å². The van der Waals surface area contributed by atoms with E-state index in [1.54, 1.807) is 20.8 Å². The number of aliphatic carboxylic acids is 1. The maximum Gasteiger partial charge on any atom is 0.332 e. The van der Waals surface area contributed by atoms with E-state index in [9.17, 15) is 14.7 Å². The fraction of sp³-hybridized carbons (Fsp3) is 0.375. The number of allylic oxidation sites excluding steroid dienone is 1. The van der Waals surface area contributed by atoms with Crippen LogP contribution in [0.3, 0.4) is 0 Å². The van der Waals surface area contributed by atoms with Crippen molar-refractivity contribution in [2.24, 2.45) is 5.41 Å². The molecule has 0 saturated heterocycles. The Morgan fingerprint density at radius 3 is 2.29 bits per heavy atom. The van der Waals surface area contributed by atoms with Crippen LogP contribution in [0.2, 0.25) is 0 Å². The molecule has 0 heterocycles. The summed E-state index contributed by atoms with van der Waals surface area (Å²) in [6.07, 6.45) is 1.35. The van der Waals surface area contributed by atoms with Crippen LogP contribution in [0.15, 0.2) is 41.5 Å². The molecule has 0 aliphatic heterocycles. The molecule has 0 radical (unpaired) electrons. The van der Waals surface area contributed by atoms with Crippen molar-refractivity contribution >= 4 is 22.4 Å². The van der Waals surface area contributed by atoms with Crippen molar-refractivity contribution in [2.75, 3.05) is 0 Å². The number of hydrogen-bond donors (Lipinski definition) is 1. The predicted molar refractivity (Wildman–Crippen MR) is 84.9 cm³/mol. The third-order valence-corrected chi connectivity index (χ3v) is 3.96. The number of carboxylic acid groups (broad SMARTS) is 1. The Hall–Kier alpha value is -1.88. The van der Waals surface area contributed by atoms with Crippen molar-refractivity contribution in [1.29, 1.82) is 0 Å². The van der Waals surface area contributed by atoms with E-state index in [-0.39, 0.29) is 16.1 Å². The smallest absolute Gasteiger partial charge is 0.332 e. The van der Waals surface area contributed by atoms with Crippen molar-refractivity contribution in [1.82, 2.24) is 0 Å². The van der Waals surface area contributed by atoms with Crippen molar-refractivity contribution in [2.45, 2.75) is 33.6 Å². The van der Waals surface area contributed by atoms with Gasteiger partial charge in [-0.05, 0) is 39.2 Å². The molecule has 1 aromatic carbocycles. The lowest BCUT2D eigenvalue weighted by Crippen LogP contribution is -2.32. The summed E-state index contributed by atoms with van der Waals surface area (Å²) >= 11 is 0. The molecule has 0 aromatic heterocycles. The Balaban J connectivity index is 3.02. The monoisotopic (exact) mass is 306 g/mol. The van der Waals surface area contributed by atoms with Crippen LogP contribution >= 0.6 is 0 Å². The van der Waals surface area contributed by atoms with E-state index in [4.69, 9.17) is 4.43 Å². The average molecular weight is 306 g/mol. The number of carboxylic acids is 1. The largest absolute Gasteiger partial charge is 0.528 e. The fourth-order valence-corrected chi connectivity index (χ4v) is 2.95. The summed E-state index contributed by atoms with van der Waals surface area (Å²) in [5, 5.41) is 9.47. The molecule has 0 saturated carbocycles. The molecule has 0 fully saturated rings. The van der Waals surface area contributed by atoms with Crippen LogP contribution in [-0.4, -0.2) is 27.5 Å². The van der Waals surface area contributed by atoms with Gasteiger partial charge in [0.2, 0.25) is 10.5 Å². The zero-order valence-corrected chi connectivity index (χ0v) is 15.0. The van der Waals surface area contributed by atoms with Gasteiger partial charge in [0.25, 0.3) is 0 Å². The van der Waals surface area contributed by atoms with E-state index >= 15 is 0 Å². The second-order valence-corrected chi connectivity index (χ2v) is 5.97. The number of carbonyl (C=O) groups excluding carboxylic acids is 1. The van der Waals surface area contributed by atoms with Gasteiger partial charge in [0.05, 0.1) is 11.0 Å². The van der Waals surface area contributed by atoms with Crippen LogP contribution in [0.5, 0.6) is 0 Å². The molecule has 114 valence electrons. The minimum Gasteiger partial charge on any atom is -0.528 e. The third kappa shape index (κ3) is 4.29. The molecule has 0 aliphatic carbocycles. The van der Waals surface area contributed by atoms with Crippen molar-refractivity contribution in [3.8, 4) is 0 Å². The molecule has 1 aromatic rings. The Bertz CT molecular complexity index is 547. The maximum atomic E-state index is 11.9. The molecule has 0 aliphatic rings. The summed E-state index contributed by atoms with van der Waals surface area (Å²) in [5.74, 6) is -1.54. The lowest BCUT2D eigenvalue weighted by atomic mass is 9.80. The number of carbonyl (C=O) groups is 2. The summed E-state index contributed by atoms with van der Waals surface area (Å²) in [5.41, 5.74) is 0.863. The van der Waals surface area contributed by atoms with Gasteiger partial charge in [-0.1, -0.05) is 35.9 Å². The van der Waals surface area contributed by atoms with E-state index in [0.29, 0.717) is 12.0 Å². The first-order valence-corrected chi connectivity index (χ1v) is 7.68. The van der Waals surface area contributed by atoms with Gasteiger partial charge in [0.15, 0.2) is 0 Å². The molecule has 5 heteroatoms. The highest BCUT2D eigenvalue weighted by molar-refractivity contribution is 6.08. The van der Waals surface area contributed by atoms with Crippen LogP contribution in [-0.2, 0) is 20.4 Å². The fourth-order valence-electron chi connectivity index (χ4n) is 2.44. The van der Waals surface area contributed by atoms with Gasteiger partial charge in [0, 0.05) is 0 Å². The number of rotatable bonds is 6. The zero-order valence-electron chi connectivity index (χ0n) is 13.0. The van der Waals surface area contributed by atoms with E-state index in [1.165, 1.54) is 0 Å². The predicted octanol–water partition coefficient (Wildman–Crippen LogP) is 1.87. The highest BCUT2D eigenvalue weighted by atomic mass is 28.2. The molecule has 0 spiro atoms. The SMILES string of the molecule is CC(CCc1ccccc1)=C(C(=O)O)C(C)(C)C(=O)O[SiH3]. The minimum absolute atomic E-state index is 0.138. The molecular formula is C16H22O4Si. The topological polar surface area (TPSA) is 63.6 Å². The molecule has 21 heavy (non-hydrogen) atoms. The molecule has 0 unspecified atom stereocenters. The standard InChI is InChI=1S/C16H22O4Si/c1-11(9-10-12-7-5-4-6-8-12)13(14(17)18)16(2,3)15(19)20-21/h4-8H,9-10H2,1-3,21H3,(H,17,18). The lowest BCUT2D eigenvalue weighted by Gasteiger charge is -2.25. The van der Waals surface area contributed by atoms with E-state index in [1.807, 2.05) is 30.3 Å². The summed E-state index contributed by atoms with van der Waals surface area (Å²) < 4.78 is 4.86. The highest BCUT2D eigenvalue weighted by Crippen LogP contribution is 2.32. The van der Waals surface area contributed by atoms with E-state index < -0.39 is 17.4 Å². The van der Waals surface area contributed by atoms with Crippen LogP contribution in [0.25, 0.3) is 0 Å². The average Bonchev–Trinajstić information content (AvgIpc) is 2.44. The third-order valence-electron chi connectivity index (χ3n) is 3.59. The number of aryl methyl sites for hydroxylation is 1. The Morgan fingerprint density at radius 1 is 1.24 bits per heavy atom. The van der Waals surface area contributed by atoms with Crippen LogP contribution in [0, 0.1) is 5.41 Å². The van der Waals surface area contributed by atoms with Crippen molar-refractivity contribution in [3.05, 3.63) is 47.0 Å². The lowest BCUT2D eigenvalue weighted by molar-refractivity contribution is -0.145. The van der Waals surface area contributed by atoms with Gasteiger partial charge in [-0.15, -0.1) is 0 Å². The van der Waals surface area contributed by atoms with E-state index in [0.717, 1.165) is 12.0 Å². The number of benzene rings is 1. The van der Waals surface area contributed by atoms with Crippen molar-refractivity contribution in [3.63, 3.8) is 0 Å². The second kappa shape index (κ2) is 7.22. The summed E-state index contributed by atoms with van der Waals surface area (Å²) in [6.45, 7) is 4.97. The Kier molecular flexibility index (Phi) is 5.90. The van der Waals surface area contributed by atoms with Crippen LogP contribution in [0.4, 0.5) is 0 Å². The summed E-state index contributed by atoms with van der Waals surface area (Å²) in [7, 11) is 0.259. The molecule has 0 amide bonds. The van der Waals surface area contributed by atoms with Gasteiger partial charge in [0.1, 0.15) is 0 Å². The maximum absolute atomic E-state index is 11.9. The second-order valence-electron chi connectivity index (χ2n) is 5.56. The quantitative estimate of drug-likeness (QED) is 0.644. The number of hydrogen-bond acceptors (Lipinski definition) is 3. The molecule has 1 rings (SSSR count). The Labute approximate surface area is 128 Å². The van der Waals surface area contributed by atoms with Gasteiger partial charge in [-0.3, -0.25) is 4.79 Å². The first-order valence-electron chi connectivity index (χ1n) is 6.86. The molecule has 0 atom stereocenters. The first-order chi connectivity index (χ1) is 9.80. The molecule has 0 bridgehead atoms. The van der Waals surface area contributed by atoms with Gasteiger partial charge < -0.3 is 9.53 Å². The highest BCUT2D eigenvalue weighted by Gasteiger charge is 2.38. The normalized spacial score (nSPS) is 12.7. The van der Waals surface area contributed by atoms with Gasteiger partial charge >= 0.3 is 11.9 Å². The van der Waals surface area contributed by atoms with Gasteiger partial charge in [-0.25, -0.2) is 4.79 Å². The van der Waals surface area contributed by atoms with E-state index in [2.05, 4.69) is 0 Å².